The molecule has 0 radical (unpaired) electrons. The van der Waals surface area contributed by atoms with E-state index in [9.17, 15) is 18.0 Å². The number of nitrogens with one attached hydrogen (secondary N) is 1. The zero-order valence-corrected chi connectivity index (χ0v) is 23.1. The highest BCUT2D eigenvalue weighted by Gasteiger charge is 2.36. The van der Waals surface area contributed by atoms with Crippen molar-refractivity contribution in [1.82, 2.24) is 14.3 Å². The van der Waals surface area contributed by atoms with Crippen LogP contribution in [0.5, 0.6) is 0 Å². The molecule has 3 aromatic rings. The molecule has 2 heterocycles. The normalized spacial score (nSPS) is 11.7. The average Bonchev–Trinajstić information content (AvgIpc) is 3.36. The van der Waals surface area contributed by atoms with E-state index in [0.717, 1.165) is 37.9 Å². The first kappa shape index (κ1) is 29.3. The molecule has 38 heavy (non-hydrogen) atoms. The van der Waals surface area contributed by atoms with E-state index in [1.165, 1.54) is 13.3 Å². The van der Waals surface area contributed by atoms with Crippen LogP contribution in [0.4, 0.5) is 29.7 Å². The summed E-state index contributed by atoms with van der Waals surface area (Å²) in [6.07, 6.45) is 0.839. The molecule has 2 aromatic heterocycles. The van der Waals surface area contributed by atoms with E-state index >= 15 is 0 Å². The summed E-state index contributed by atoms with van der Waals surface area (Å²) in [5.74, 6) is -1.41. The van der Waals surface area contributed by atoms with Gasteiger partial charge in [0.2, 0.25) is 11.0 Å². The van der Waals surface area contributed by atoms with Gasteiger partial charge in [0.25, 0.3) is 0 Å². The minimum absolute atomic E-state index is 0.0298. The predicted molar refractivity (Wildman–Crippen MR) is 145 cm³/mol. The second kappa shape index (κ2) is 13.0. The van der Waals surface area contributed by atoms with Crippen molar-refractivity contribution in [1.29, 1.82) is 0 Å². The summed E-state index contributed by atoms with van der Waals surface area (Å²) in [5.41, 5.74) is 2.79. The Morgan fingerprint density at radius 1 is 1.16 bits per heavy atom. The molecule has 0 unspecified atom stereocenters. The first-order valence-corrected chi connectivity index (χ1v) is 13.5. The number of benzene rings is 1. The molecule has 0 aliphatic heterocycles. The number of pyridine rings is 1. The Kier molecular flexibility index (Phi) is 10.1. The molecule has 0 amide bonds. The highest BCUT2D eigenvalue weighted by molar-refractivity contribution is 7.09. The van der Waals surface area contributed by atoms with Gasteiger partial charge < -0.3 is 15.0 Å². The van der Waals surface area contributed by atoms with Crippen LogP contribution in [0.2, 0.25) is 0 Å². The van der Waals surface area contributed by atoms with Gasteiger partial charge in [0.05, 0.1) is 18.5 Å². The van der Waals surface area contributed by atoms with E-state index in [0.29, 0.717) is 34.3 Å². The molecular formula is C27H34F3N5O2S. The van der Waals surface area contributed by atoms with E-state index in [1.807, 2.05) is 18.2 Å². The Morgan fingerprint density at radius 3 is 2.45 bits per heavy atom. The van der Waals surface area contributed by atoms with Crippen molar-refractivity contribution < 1.29 is 22.7 Å². The van der Waals surface area contributed by atoms with E-state index in [1.54, 1.807) is 12.1 Å². The standard InChI is InChI=1S/C27H34F3N5O2S/c1-6-9-19(10-7-2)35(16-17(3)4)22-13-12-18(20-11-8-14-31-23(20)24(36)37-5)15-21(22)32-26-33-25(34-38-26)27(28,29)30/h8,11-15,17,19H,6-7,9-10,16H2,1-5H3,(H,32,33,34). The van der Waals surface area contributed by atoms with Crippen LogP contribution < -0.4 is 10.2 Å². The van der Waals surface area contributed by atoms with E-state index < -0.39 is 18.0 Å². The Balaban J connectivity index is 2.17. The molecule has 0 atom stereocenters. The maximum Gasteiger partial charge on any atom is 0.452 e. The van der Waals surface area contributed by atoms with Crippen molar-refractivity contribution in [3.63, 3.8) is 0 Å². The average molecular weight is 550 g/mol. The van der Waals surface area contributed by atoms with E-state index in [2.05, 4.69) is 52.3 Å². The number of hydrogen-bond donors (Lipinski definition) is 1. The lowest BCUT2D eigenvalue weighted by molar-refractivity contribution is -0.144. The molecule has 0 spiro atoms. The lowest BCUT2D eigenvalue weighted by atomic mass is 9.99. The monoisotopic (exact) mass is 549 g/mol. The molecule has 1 aromatic carbocycles. The van der Waals surface area contributed by atoms with E-state index in [4.69, 9.17) is 4.74 Å². The Morgan fingerprint density at radius 2 is 1.87 bits per heavy atom. The largest absolute Gasteiger partial charge is 0.464 e. The fourth-order valence-electron chi connectivity index (χ4n) is 4.42. The Bertz CT molecular complexity index is 1210. The summed E-state index contributed by atoms with van der Waals surface area (Å²) in [5, 5.41) is 3.13. The number of alkyl halides is 3. The molecule has 3 rings (SSSR count). The van der Waals surface area contributed by atoms with Crippen molar-refractivity contribution in [2.75, 3.05) is 23.9 Å². The quantitative estimate of drug-likeness (QED) is 0.233. The van der Waals surface area contributed by atoms with Crippen LogP contribution in [0.25, 0.3) is 11.1 Å². The third-order valence-corrected chi connectivity index (χ3v) is 6.60. The third kappa shape index (κ3) is 7.21. The van der Waals surface area contributed by atoms with Gasteiger partial charge in [0.1, 0.15) is 0 Å². The van der Waals surface area contributed by atoms with Crippen molar-refractivity contribution in [2.24, 2.45) is 5.92 Å². The summed E-state index contributed by atoms with van der Waals surface area (Å²) in [7, 11) is 1.29. The molecule has 11 heteroatoms. The topological polar surface area (TPSA) is 80.2 Å². The second-order valence-corrected chi connectivity index (χ2v) is 10.2. The Labute approximate surface area is 225 Å². The number of esters is 1. The molecule has 7 nitrogen and oxygen atoms in total. The van der Waals surface area contributed by atoms with Gasteiger partial charge in [-0.1, -0.05) is 52.7 Å². The van der Waals surface area contributed by atoms with Crippen molar-refractivity contribution in [3.8, 4) is 11.1 Å². The van der Waals surface area contributed by atoms with Gasteiger partial charge in [-0.3, -0.25) is 0 Å². The minimum atomic E-state index is -4.64. The summed E-state index contributed by atoms with van der Waals surface area (Å²) >= 11 is 0.651. The van der Waals surface area contributed by atoms with Crippen LogP contribution in [0.1, 0.15) is 69.7 Å². The molecule has 0 aliphatic rings. The first-order valence-electron chi connectivity index (χ1n) is 12.7. The first-order chi connectivity index (χ1) is 18.1. The summed E-state index contributed by atoms with van der Waals surface area (Å²) in [6, 6.07) is 9.38. The third-order valence-electron chi connectivity index (χ3n) is 5.97. The molecule has 0 saturated heterocycles. The van der Waals surface area contributed by atoms with Crippen LogP contribution in [0, 0.1) is 5.92 Å². The van der Waals surface area contributed by atoms with Gasteiger partial charge in [0.15, 0.2) is 5.69 Å². The number of anilines is 3. The molecule has 0 fully saturated rings. The van der Waals surface area contributed by atoms with E-state index in [-0.39, 0.29) is 16.9 Å². The lowest BCUT2D eigenvalue weighted by Crippen LogP contribution is -2.38. The fourth-order valence-corrected chi connectivity index (χ4v) is 5.02. The van der Waals surface area contributed by atoms with Crippen LogP contribution in [0.3, 0.4) is 0 Å². The van der Waals surface area contributed by atoms with Crippen molar-refractivity contribution in [3.05, 3.63) is 48.0 Å². The number of ether oxygens (including phenoxy) is 1. The predicted octanol–water partition coefficient (Wildman–Crippen LogP) is 7.58. The number of methoxy groups -OCH3 is 1. The minimum Gasteiger partial charge on any atom is -0.464 e. The SMILES string of the molecule is CCCC(CCC)N(CC(C)C)c1ccc(-c2cccnc2C(=O)OC)cc1Nc1nc(C(F)(F)F)ns1. The maximum atomic E-state index is 13.2. The molecule has 206 valence electrons. The zero-order chi connectivity index (χ0) is 27.9. The maximum absolute atomic E-state index is 13.2. The van der Waals surface area contributed by atoms with Gasteiger partial charge in [0, 0.05) is 35.9 Å². The summed E-state index contributed by atoms with van der Waals surface area (Å²) < 4.78 is 48.0. The van der Waals surface area contributed by atoms with Crippen LogP contribution in [0.15, 0.2) is 36.5 Å². The van der Waals surface area contributed by atoms with Gasteiger partial charge in [-0.25, -0.2) is 9.78 Å². The highest BCUT2D eigenvalue weighted by atomic mass is 32.1. The summed E-state index contributed by atoms with van der Waals surface area (Å²) in [4.78, 5) is 22.6. The number of carbonyl (C=O) groups is 1. The van der Waals surface area contributed by atoms with Gasteiger partial charge in [-0.05, 0) is 42.5 Å². The number of aromatic nitrogens is 3. The number of carbonyl (C=O) groups excluding carboxylic acids is 1. The lowest BCUT2D eigenvalue weighted by Gasteiger charge is -2.36. The van der Waals surface area contributed by atoms with Crippen molar-refractivity contribution in [2.45, 2.75) is 65.6 Å². The number of nitrogens with zero attached hydrogens (tertiary/aromatic N) is 4. The molecule has 1 N–H and O–H groups in total. The van der Waals surface area contributed by atoms with Crippen LogP contribution in [-0.4, -0.2) is 40.0 Å². The summed E-state index contributed by atoms with van der Waals surface area (Å²) in [6.45, 7) is 9.34. The number of rotatable bonds is 12. The Hall–Kier alpha value is -3.21. The van der Waals surface area contributed by atoms with Crippen LogP contribution >= 0.6 is 11.5 Å². The smallest absolute Gasteiger partial charge is 0.452 e. The van der Waals surface area contributed by atoms with Gasteiger partial charge in [-0.2, -0.15) is 22.5 Å². The van der Waals surface area contributed by atoms with Gasteiger partial charge >= 0.3 is 12.1 Å². The number of halogens is 3. The van der Waals surface area contributed by atoms with Crippen molar-refractivity contribution >= 4 is 34.0 Å². The molecule has 0 aliphatic carbocycles. The molecule has 0 saturated carbocycles. The molecule has 0 bridgehead atoms. The zero-order valence-electron chi connectivity index (χ0n) is 22.3. The second-order valence-electron chi connectivity index (χ2n) is 9.45. The molecular weight excluding hydrogens is 515 g/mol. The van der Waals surface area contributed by atoms with Gasteiger partial charge in [-0.15, -0.1) is 0 Å². The van der Waals surface area contributed by atoms with Crippen LogP contribution in [-0.2, 0) is 10.9 Å². The highest BCUT2D eigenvalue weighted by Crippen LogP contribution is 2.38. The number of hydrogen-bond acceptors (Lipinski definition) is 8. The fraction of sp³-hybridized carbons (Fsp3) is 0.481.